The molecule has 0 N–H and O–H groups in total. The molecule has 5 rings (SSSR count). The molecule has 1 aromatic heterocycles. The van der Waals surface area contributed by atoms with Gasteiger partial charge in [0, 0.05) is 71.1 Å². The van der Waals surface area contributed by atoms with Gasteiger partial charge in [0.25, 0.3) is 0 Å². The van der Waals surface area contributed by atoms with Gasteiger partial charge in [-0.3, -0.25) is 4.79 Å². The second kappa shape index (κ2) is 11.3. The van der Waals surface area contributed by atoms with Crippen LogP contribution in [-0.2, 0) is 4.79 Å². The van der Waals surface area contributed by atoms with E-state index >= 15 is 0 Å². The average molecular weight is 494 g/mol. The Kier molecular flexibility index (Phi) is 7.75. The molecule has 4 heterocycles. The first-order valence-corrected chi connectivity index (χ1v) is 13.4. The first kappa shape index (κ1) is 24.6. The zero-order valence-electron chi connectivity index (χ0n) is 21.7. The molecule has 1 aromatic carbocycles. The molecule has 3 fully saturated rings. The number of anilines is 3. The van der Waals surface area contributed by atoms with E-state index in [1.54, 1.807) is 7.11 Å². The molecule has 0 saturated carbocycles. The van der Waals surface area contributed by atoms with E-state index in [9.17, 15) is 4.79 Å². The molecular weight excluding hydrogens is 454 g/mol. The van der Waals surface area contributed by atoms with Gasteiger partial charge in [0.1, 0.15) is 5.75 Å². The first-order valence-electron chi connectivity index (χ1n) is 13.4. The SMILES string of the molecule is CCN1CCN(c2ccc(N3CCCC(C(=O)N4CCN(c5ccc(OC)cc5)CC4)C3)nn2)CC1. The molecule has 3 aliphatic heterocycles. The Balaban J connectivity index is 1.13. The van der Waals surface area contributed by atoms with Crippen molar-refractivity contribution in [2.24, 2.45) is 5.92 Å². The van der Waals surface area contributed by atoms with Crippen molar-refractivity contribution in [3.63, 3.8) is 0 Å². The highest BCUT2D eigenvalue weighted by molar-refractivity contribution is 5.80. The second-order valence-electron chi connectivity index (χ2n) is 9.97. The number of hydrogen-bond donors (Lipinski definition) is 0. The van der Waals surface area contributed by atoms with Gasteiger partial charge in [0.05, 0.1) is 13.0 Å². The fraction of sp³-hybridized carbons (Fsp3) is 0.593. The van der Waals surface area contributed by atoms with Crippen molar-refractivity contribution in [3.8, 4) is 5.75 Å². The predicted octanol–water partition coefficient (Wildman–Crippen LogP) is 2.19. The molecule has 2 aromatic rings. The maximum absolute atomic E-state index is 13.4. The van der Waals surface area contributed by atoms with Gasteiger partial charge in [-0.2, -0.15) is 0 Å². The molecule has 9 heteroatoms. The van der Waals surface area contributed by atoms with E-state index in [-0.39, 0.29) is 11.8 Å². The Hall–Kier alpha value is -3.07. The molecular formula is C27H39N7O2. The molecule has 3 saturated heterocycles. The van der Waals surface area contributed by atoms with Gasteiger partial charge in [-0.25, -0.2) is 0 Å². The highest BCUT2D eigenvalue weighted by atomic mass is 16.5. The molecule has 0 aliphatic carbocycles. The van der Waals surface area contributed by atoms with Crippen LogP contribution in [0.25, 0.3) is 0 Å². The lowest BCUT2D eigenvalue weighted by molar-refractivity contribution is -0.136. The highest BCUT2D eigenvalue weighted by Gasteiger charge is 2.32. The summed E-state index contributed by atoms with van der Waals surface area (Å²) >= 11 is 0. The quantitative estimate of drug-likeness (QED) is 0.607. The van der Waals surface area contributed by atoms with Gasteiger partial charge < -0.3 is 29.2 Å². The molecule has 1 unspecified atom stereocenters. The maximum atomic E-state index is 13.4. The van der Waals surface area contributed by atoms with E-state index in [0.717, 1.165) is 102 Å². The van der Waals surface area contributed by atoms with Crippen molar-refractivity contribution >= 4 is 23.2 Å². The Labute approximate surface area is 214 Å². The second-order valence-corrected chi connectivity index (χ2v) is 9.97. The lowest BCUT2D eigenvalue weighted by Crippen LogP contribution is -2.52. The number of benzene rings is 1. The number of nitrogens with zero attached hydrogens (tertiary/aromatic N) is 7. The monoisotopic (exact) mass is 493 g/mol. The van der Waals surface area contributed by atoms with Crippen LogP contribution in [0.4, 0.5) is 17.3 Å². The van der Waals surface area contributed by atoms with Crippen LogP contribution in [0.2, 0.25) is 0 Å². The van der Waals surface area contributed by atoms with Gasteiger partial charge >= 0.3 is 0 Å². The minimum absolute atomic E-state index is 0.0230. The van der Waals surface area contributed by atoms with Crippen LogP contribution in [0.3, 0.4) is 0 Å². The van der Waals surface area contributed by atoms with Crippen LogP contribution in [0, 0.1) is 5.92 Å². The first-order chi connectivity index (χ1) is 17.6. The van der Waals surface area contributed by atoms with E-state index in [4.69, 9.17) is 4.74 Å². The van der Waals surface area contributed by atoms with Crippen LogP contribution in [0.5, 0.6) is 5.75 Å². The Morgan fingerprint density at radius 3 is 2.08 bits per heavy atom. The minimum Gasteiger partial charge on any atom is -0.497 e. The number of carbonyl (C=O) groups excluding carboxylic acids is 1. The largest absolute Gasteiger partial charge is 0.497 e. The fourth-order valence-corrected chi connectivity index (χ4v) is 5.57. The van der Waals surface area contributed by atoms with Crippen molar-refractivity contribution in [2.45, 2.75) is 19.8 Å². The smallest absolute Gasteiger partial charge is 0.227 e. The van der Waals surface area contributed by atoms with Crippen molar-refractivity contribution in [2.75, 3.05) is 93.8 Å². The summed E-state index contributed by atoms with van der Waals surface area (Å²) in [6, 6.07) is 12.3. The van der Waals surface area contributed by atoms with E-state index in [1.807, 2.05) is 12.1 Å². The topological polar surface area (TPSA) is 68.3 Å². The van der Waals surface area contributed by atoms with Crippen molar-refractivity contribution in [3.05, 3.63) is 36.4 Å². The summed E-state index contributed by atoms with van der Waals surface area (Å²) < 4.78 is 5.27. The molecule has 3 aliphatic rings. The molecule has 36 heavy (non-hydrogen) atoms. The zero-order chi connectivity index (χ0) is 24.9. The van der Waals surface area contributed by atoms with E-state index in [1.165, 1.54) is 5.69 Å². The minimum atomic E-state index is 0.0230. The van der Waals surface area contributed by atoms with Crippen LogP contribution in [0.15, 0.2) is 36.4 Å². The van der Waals surface area contributed by atoms with Crippen molar-refractivity contribution in [1.29, 1.82) is 0 Å². The molecule has 194 valence electrons. The molecule has 1 amide bonds. The summed E-state index contributed by atoms with van der Waals surface area (Å²) in [5.41, 5.74) is 1.18. The van der Waals surface area contributed by atoms with Gasteiger partial charge in [-0.1, -0.05) is 6.92 Å². The van der Waals surface area contributed by atoms with E-state index in [2.05, 4.69) is 65.9 Å². The van der Waals surface area contributed by atoms with Gasteiger partial charge in [0.15, 0.2) is 11.6 Å². The molecule has 0 radical (unpaired) electrons. The number of piperazine rings is 2. The summed E-state index contributed by atoms with van der Waals surface area (Å²) in [4.78, 5) is 24.8. The van der Waals surface area contributed by atoms with Crippen molar-refractivity contribution in [1.82, 2.24) is 20.0 Å². The maximum Gasteiger partial charge on any atom is 0.227 e. The number of ether oxygens (including phenoxy) is 1. The summed E-state index contributed by atoms with van der Waals surface area (Å²) in [7, 11) is 1.68. The summed E-state index contributed by atoms with van der Waals surface area (Å²) in [5, 5.41) is 9.10. The molecule has 1 atom stereocenters. The van der Waals surface area contributed by atoms with Gasteiger partial charge in [-0.15, -0.1) is 10.2 Å². The molecule has 9 nitrogen and oxygen atoms in total. The number of carbonyl (C=O) groups is 1. The van der Waals surface area contributed by atoms with Crippen LogP contribution >= 0.6 is 0 Å². The summed E-state index contributed by atoms with van der Waals surface area (Å²) in [5.74, 6) is 3.01. The van der Waals surface area contributed by atoms with Gasteiger partial charge in [0.2, 0.25) is 5.91 Å². The lowest BCUT2D eigenvalue weighted by atomic mass is 9.96. The Morgan fingerprint density at radius 2 is 1.47 bits per heavy atom. The number of rotatable bonds is 6. The zero-order valence-corrected chi connectivity index (χ0v) is 21.7. The van der Waals surface area contributed by atoms with Crippen LogP contribution < -0.4 is 19.4 Å². The third-order valence-electron chi connectivity index (χ3n) is 7.90. The van der Waals surface area contributed by atoms with Crippen LogP contribution in [0.1, 0.15) is 19.8 Å². The third kappa shape index (κ3) is 5.51. The number of amides is 1. The molecule has 0 bridgehead atoms. The number of hydrogen-bond acceptors (Lipinski definition) is 8. The van der Waals surface area contributed by atoms with E-state index < -0.39 is 0 Å². The Morgan fingerprint density at radius 1 is 0.833 bits per heavy atom. The standard InChI is InChI=1S/C27H39N7O2/c1-3-30-13-15-32(16-14-30)25-10-11-26(29-28-25)34-12-4-5-22(21-34)27(35)33-19-17-31(18-20-33)23-6-8-24(36-2)9-7-23/h6-11,22H,3-5,12-21H2,1-2H3. The van der Waals surface area contributed by atoms with Crippen LogP contribution in [-0.4, -0.2) is 105 Å². The molecule has 0 spiro atoms. The van der Waals surface area contributed by atoms with E-state index in [0.29, 0.717) is 0 Å². The van der Waals surface area contributed by atoms with Gasteiger partial charge in [-0.05, 0) is 55.8 Å². The normalized spacial score (nSPS) is 21.6. The number of likely N-dealkylation sites (N-methyl/N-ethyl adjacent to an activating group) is 1. The fourth-order valence-electron chi connectivity index (χ4n) is 5.57. The summed E-state index contributed by atoms with van der Waals surface area (Å²) in [6.45, 7) is 12.3. The third-order valence-corrected chi connectivity index (χ3v) is 7.90. The average Bonchev–Trinajstić information content (AvgIpc) is 2.97. The predicted molar refractivity (Wildman–Crippen MR) is 143 cm³/mol. The Bertz CT molecular complexity index is 984. The number of piperidine rings is 1. The van der Waals surface area contributed by atoms with Crippen molar-refractivity contribution < 1.29 is 9.53 Å². The summed E-state index contributed by atoms with van der Waals surface area (Å²) in [6.07, 6.45) is 1.95. The lowest BCUT2D eigenvalue weighted by Gasteiger charge is -2.40. The number of aromatic nitrogens is 2. The number of methoxy groups -OCH3 is 1. The highest BCUT2D eigenvalue weighted by Crippen LogP contribution is 2.26.